The monoisotopic (exact) mass is 254 g/mol. The van der Waals surface area contributed by atoms with Crippen LogP contribution in [0.3, 0.4) is 0 Å². The van der Waals surface area contributed by atoms with Gasteiger partial charge in [-0.3, -0.25) is 10.1 Å². The minimum atomic E-state index is -0.794. The summed E-state index contributed by atoms with van der Waals surface area (Å²) in [6.45, 7) is 3.60. The summed E-state index contributed by atoms with van der Waals surface area (Å²) >= 11 is 0. The summed E-state index contributed by atoms with van der Waals surface area (Å²) in [4.78, 5) is 12.1. The van der Waals surface area contributed by atoms with E-state index in [4.69, 9.17) is 4.74 Å². The first-order valence-electron chi connectivity index (χ1n) is 5.93. The van der Waals surface area contributed by atoms with E-state index in [2.05, 4.69) is 0 Å². The highest BCUT2D eigenvalue weighted by Gasteiger charge is 2.27. The zero-order valence-corrected chi connectivity index (χ0v) is 10.1. The Hall–Kier alpha value is -1.69. The molecule has 5 nitrogen and oxygen atoms in total. The third kappa shape index (κ3) is 2.43. The van der Waals surface area contributed by atoms with Crippen molar-refractivity contribution in [2.75, 3.05) is 24.6 Å². The van der Waals surface area contributed by atoms with Crippen LogP contribution in [0.4, 0.5) is 15.8 Å². The van der Waals surface area contributed by atoms with E-state index in [0.29, 0.717) is 25.4 Å². The maximum absolute atomic E-state index is 13.5. The molecule has 1 saturated heterocycles. The molecule has 6 heteroatoms. The molecule has 0 aliphatic carbocycles. The average molecular weight is 254 g/mol. The molecule has 1 aliphatic heterocycles. The van der Waals surface area contributed by atoms with Crippen molar-refractivity contribution in [2.24, 2.45) is 0 Å². The number of hydrogen-bond acceptors (Lipinski definition) is 4. The Morgan fingerprint density at radius 2 is 2.39 bits per heavy atom. The maximum atomic E-state index is 13.5. The van der Waals surface area contributed by atoms with Crippen LogP contribution in [0, 0.1) is 15.9 Å². The molecule has 18 heavy (non-hydrogen) atoms. The molecule has 0 N–H and O–H groups in total. The third-order valence-electron chi connectivity index (χ3n) is 3.08. The molecule has 1 fully saturated rings. The standard InChI is InChI=1S/C12H15FN2O3/c1-2-9-8-14(6-7-18-9)11-5-3-4-10(13)12(11)15(16)17/h3-5,9H,2,6-8H2,1H3. The lowest BCUT2D eigenvalue weighted by atomic mass is 10.1. The Kier molecular flexibility index (Phi) is 3.76. The van der Waals surface area contributed by atoms with Gasteiger partial charge in [0.2, 0.25) is 5.82 Å². The largest absolute Gasteiger partial charge is 0.375 e. The maximum Gasteiger partial charge on any atom is 0.327 e. The summed E-state index contributed by atoms with van der Waals surface area (Å²) in [6, 6.07) is 4.19. The van der Waals surface area contributed by atoms with Gasteiger partial charge in [0.15, 0.2) is 0 Å². The van der Waals surface area contributed by atoms with Crippen molar-refractivity contribution in [3.63, 3.8) is 0 Å². The van der Waals surface area contributed by atoms with Crippen LogP contribution in [0.2, 0.25) is 0 Å². The molecule has 2 rings (SSSR count). The Labute approximate surface area is 104 Å². The van der Waals surface area contributed by atoms with E-state index in [1.807, 2.05) is 11.8 Å². The number of halogens is 1. The molecule has 98 valence electrons. The van der Waals surface area contributed by atoms with Crippen LogP contribution in [-0.4, -0.2) is 30.7 Å². The van der Waals surface area contributed by atoms with Gasteiger partial charge in [0.1, 0.15) is 5.69 Å². The number of rotatable bonds is 3. The average Bonchev–Trinajstić information content (AvgIpc) is 2.38. The lowest BCUT2D eigenvalue weighted by molar-refractivity contribution is -0.386. The highest BCUT2D eigenvalue weighted by molar-refractivity contribution is 5.64. The number of anilines is 1. The number of morpholine rings is 1. The van der Waals surface area contributed by atoms with E-state index in [0.717, 1.165) is 12.5 Å². The lowest BCUT2D eigenvalue weighted by Gasteiger charge is -2.33. The van der Waals surface area contributed by atoms with Crippen LogP contribution in [0.15, 0.2) is 18.2 Å². The molecule has 1 heterocycles. The van der Waals surface area contributed by atoms with Gasteiger partial charge in [-0.25, -0.2) is 0 Å². The summed E-state index contributed by atoms with van der Waals surface area (Å²) in [7, 11) is 0. The summed E-state index contributed by atoms with van der Waals surface area (Å²) in [5.41, 5.74) is -0.115. The van der Waals surface area contributed by atoms with E-state index in [1.165, 1.54) is 6.07 Å². The minimum absolute atomic E-state index is 0.0432. The summed E-state index contributed by atoms with van der Waals surface area (Å²) in [5, 5.41) is 10.9. The normalized spacial score (nSPS) is 19.9. The Bertz CT molecular complexity index is 453. The van der Waals surface area contributed by atoms with Gasteiger partial charge in [-0.15, -0.1) is 0 Å². The fraction of sp³-hybridized carbons (Fsp3) is 0.500. The molecule has 1 atom stereocenters. The van der Waals surface area contributed by atoms with Gasteiger partial charge in [0, 0.05) is 13.1 Å². The SMILES string of the molecule is CCC1CN(c2cccc(F)c2[N+](=O)[O-])CCO1. The van der Waals surface area contributed by atoms with Gasteiger partial charge in [0.25, 0.3) is 0 Å². The van der Waals surface area contributed by atoms with E-state index >= 15 is 0 Å². The van der Waals surface area contributed by atoms with Crippen molar-refractivity contribution in [1.82, 2.24) is 0 Å². The van der Waals surface area contributed by atoms with Crippen molar-refractivity contribution in [1.29, 1.82) is 0 Å². The first kappa shape index (κ1) is 12.8. The van der Waals surface area contributed by atoms with Gasteiger partial charge < -0.3 is 9.64 Å². The van der Waals surface area contributed by atoms with E-state index in [1.54, 1.807) is 6.07 Å². The quantitative estimate of drug-likeness (QED) is 0.613. The fourth-order valence-corrected chi connectivity index (χ4v) is 2.12. The molecular weight excluding hydrogens is 239 g/mol. The first-order valence-corrected chi connectivity index (χ1v) is 5.93. The molecule has 1 aromatic rings. The van der Waals surface area contributed by atoms with Crippen LogP contribution in [0.25, 0.3) is 0 Å². The Morgan fingerprint density at radius 1 is 1.61 bits per heavy atom. The lowest BCUT2D eigenvalue weighted by Crippen LogP contribution is -2.42. The van der Waals surface area contributed by atoms with Crippen molar-refractivity contribution in [2.45, 2.75) is 19.4 Å². The highest BCUT2D eigenvalue weighted by Crippen LogP contribution is 2.31. The van der Waals surface area contributed by atoms with Crippen LogP contribution in [-0.2, 0) is 4.74 Å². The fourth-order valence-electron chi connectivity index (χ4n) is 2.12. The van der Waals surface area contributed by atoms with Gasteiger partial charge >= 0.3 is 5.69 Å². The second-order valence-corrected chi connectivity index (χ2v) is 4.21. The smallest absolute Gasteiger partial charge is 0.327 e. The molecule has 0 aromatic heterocycles. The number of ether oxygens (including phenoxy) is 1. The molecule has 1 aliphatic rings. The molecular formula is C12H15FN2O3. The Morgan fingerprint density at radius 3 is 3.06 bits per heavy atom. The number of para-hydroxylation sites is 1. The van der Waals surface area contributed by atoms with Crippen LogP contribution in [0.1, 0.15) is 13.3 Å². The first-order chi connectivity index (χ1) is 8.63. The molecule has 0 bridgehead atoms. The molecule has 0 amide bonds. The van der Waals surface area contributed by atoms with E-state index in [9.17, 15) is 14.5 Å². The van der Waals surface area contributed by atoms with Gasteiger partial charge in [-0.2, -0.15) is 4.39 Å². The van der Waals surface area contributed by atoms with Crippen LogP contribution in [0.5, 0.6) is 0 Å². The summed E-state index contributed by atoms with van der Waals surface area (Å²) < 4.78 is 19.0. The van der Waals surface area contributed by atoms with Crippen LogP contribution >= 0.6 is 0 Å². The predicted molar refractivity (Wildman–Crippen MR) is 65.3 cm³/mol. The number of nitro groups is 1. The number of nitrogens with zero attached hydrogens (tertiary/aromatic N) is 2. The number of hydrogen-bond donors (Lipinski definition) is 0. The zero-order valence-electron chi connectivity index (χ0n) is 10.1. The van der Waals surface area contributed by atoms with Gasteiger partial charge in [-0.1, -0.05) is 13.0 Å². The number of nitro benzene ring substituents is 1. The minimum Gasteiger partial charge on any atom is -0.375 e. The van der Waals surface area contributed by atoms with Crippen molar-refractivity contribution in [3.8, 4) is 0 Å². The second kappa shape index (κ2) is 5.30. The van der Waals surface area contributed by atoms with Crippen molar-refractivity contribution >= 4 is 11.4 Å². The topological polar surface area (TPSA) is 55.6 Å². The van der Waals surface area contributed by atoms with Crippen molar-refractivity contribution < 1.29 is 14.1 Å². The van der Waals surface area contributed by atoms with E-state index < -0.39 is 16.4 Å². The van der Waals surface area contributed by atoms with Gasteiger partial charge in [0.05, 0.1) is 17.6 Å². The molecule has 0 spiro atoms. The van der Waals surface area contributed by atoms with Crippen molar-refractivity contribution in [3.05, 3.63) is 34.1 Å². The molecule has 1 unspecified atom stereocenters. The van der Waals surface area contributed by atoms with Gasteiger partial charge in [-0.05, 0) is 18.6 Å². The third-order valence-corrected chi connectivity index (χ3v) is 3.08. The van der Waals surface area contributed by atoms with E-state index in [-0.39, 0.29) is 6.10 Å². The summed E-state index contributed by atoms with van der Waals surface area (Å²) in [5.74, 6) is -0.794. The predicted octanol–water partition coefficient (Wildman–Crippen LogP) is 2.35. The highest BCUT2D eigenvalue weighted by atomic mass is 19.1. The molecule has 1 aromatic carbocycles. The second-order valence-electron chi connectivity index (χ2n) is 4.21. The summed E-state index contributed by atoms with van der Waals surface area (Å²) in [6.07, 6.45) is 0.876. The Balaban J connectivity index is 2.32. The number of benzene rings is 1. The zero-order chi connectivity index (χ0) is 13.1. The molecule has 0 saturated carbocycles. The molecule has 0 radical (unpaired) electrons. The van der Waals surface area contributed by atoms with Crippen LogP contribution < -0.4 is 4.90 Å².